The quantitative estimate of drug-likeness (QED) is 0.858. The summed E-state index contributed by atoms with van der Waals surface area (Å²) < 4.78 is 10.7. The Labute approximate surface area is 101 Å². The maximum atomic E-state index is 5.35. The highest BCUT2D eigenvalue weighted by molar-refractivity contribution is 5.33. The first-order chi connectivity index (χ1) is 8.31. The number of methoxy groups -OCH3 is 1. The van der Waals surface area contributed by atoms with Crippen molar-refractivity contribution in [1.82, 2.24) is 5.32 Å². The number of rotatable bonds is 5. The molecular weight excluding hydrogens is 214 g/mol. The Morgan fingerprint density at radius 2 is 2.06 bits per heavy atom. The summed E-state index contributed by atoms with van der Waals surface area (Å²) in [6.45, 7) is 2.83. The summed E-state index contributed by atoms with van der Waals surface area (Å²) in [5, 5.41) is 3.40. The molecule has 1 aromatic carbocycles. The van der Waals surface area contributed by atoms with Crippen molar-refractivity contribution in [1.29, 1.82) is 0 Å². The van der Waals surface area contributed by atoms with Gasteiger partial charge in [-0.1, -0.05) is 18.2 Å². The third-order valence-electron chi connectivity index (χ3n) is 2.76. The van der Waals surface area contributed by atoms with E-state index in [-0.39, 0.29) is 6.04 Å². The van der Waals surface area contributed by atoms with E-state index in [0.29, 0.717) is 0 Å². The van der Waals surface area contributed by atoms with E-state index in [1.165, 1.54) is 0 Å². The minimum absolute atomic E-state index is 0.190. The van der Waals surface area contributed by atoms with Crippen LogP contribution in [0.5, 0.6) is 5.75 Å². The average Bonchev–Trinajstić information content (AvgIpc) is 2.90. The second-order valence-corrected chi connectivity index (χ2v) is 3.93. The van der Waals surface area contributed by atoms with Crippen LogP contribution in [0.1, 0.15) is 24.3 Å². The van der Waals surface area contributed by atoms with E-state index >= 15 is 0 Å². The smallest absolute Gasteiger partial charge is 0.123 e. The molecule has 1 unspecified atom stereocenters. The molecule has 17 heavy (non-hydrogen) atoms. The molecule has 0 fully saturated rings. The number of furan rings is 1. The standard InChI is InChI=1S/C14H17NO2/c1-11(13-8-5-9-17-13)15-10-12-6-3-4-7-14(12)16-2/h3-9,11,15H,10H2,1-2H3. The van der Waals surface area contributed by atoms with E-state index < -0.39 is 0 Å². The molecular formula is C14H17NO2. The number of benzene rings is 1. The van der Waals surface area contributed by atoms with E-state index in [9.17, 15) is 0 Å². The molecule has 0 saturated heterocycles. The van der Waals surface area contributed by atoms with Crippen molar-refractivity contribution in [3.63, 3.8) is 0 Å². The fourth-order valence-electron chi connectivity index (χ4n) is 1.75. The van der Waals surface area contributed by atoms with Gasteiger partial charge in [0.1, 0.15) is 11.5 Å². The molecule has 0 bridgehead atoms. The lowest BCUT2D eigenvalue weighted by molar-refractivity contribution is 0.399. The van der Waals surface area contributed by atoms with Gasteiger partial charge in [-0.05, 0) is 25.1 Å². The van der Waals surface area contributed by atoms with Crippen LogP contribution in [0.2, 0.25) is 0 Å². The van der Waals surface area contributed by atoms with Crippen molar-refractivity contribution in [3.8, 4) is 5.75 Å². The average molecular weight is 231 g/mol. The molecule has 0 aliphatic heterocycles. The Hall–Kier alpha value is -1.74. The van der Waals surface area contributed by atoms with Gasteiger partial charge in [-0.25, -0.2) is 0 Å². The minimum atomic E-state index is 0.190. The van der Waals surface area contributed by atoms with Gasteiger partial charge in [0.15, 0.2) is 0 Å². The van der Waals surface area contributed by atoms with Gasteiger partial charge >= 0.3 is 0 Å². The zero-order valence-electron chi connectivity index (χ0n) is 10.1. The monoisotopic (exact) mass is 231 g/mol. The minimum Gasteiger partial charge on any atom is -0.496 e. The Balaban J connectivity index is 1.98. The van der Waals surface area contributed by atoms with Crippen LogP contribution in [0.4, 0.5) is 0 Å². The summed E-state index contributed by atoms with van der Waals surface area (Å²) in [5.41, 5.74) is 1.15. The van der Waals surface area contributed by atoms with Gasteiger partial charge in [-0.2, -0.15) is 0 Å². The Morgan fingerprint density at radius 3 is 2.76 bits per heavy atom. The number of hydrogen-bond donors (Lipinski definition) is 1. The zero-order chi connectivity index (χ0) is 12.1. The molecule has 0 aliphatic carbocycles. The highest BCUT2D eigenvalue weighted by Gasteiger charge is 2.08. The summed E-state index contributed by atoms with van der Waals surface area (Å²) in [6.07, 6.45) is 1.69. The van der Waals surface area contributed by atoms with Crippen LogP contribution < -0.4 is 10.1 Å². The molecule has 1 aromatic heterocycles. The predicted octanol–water partition coefficient (Wildman–Crippen LogP) is 3.14. The molecule has 2 rings (SSSR count). The molecule has 0 aliphatic rings. The molecule has 1 heterocycles. The van der Waals surface area contributed by atoms with Crippen molar-refractivity contribution in [3.05, 3.63) is 54.0 Å². The van der Waals surface area contributed by atoms with Crippen molar-refractivity contribution >= 4 is 0 Å². The number of nitrogens with one attached hydrogen (secondary N) is 1. The van der Waals surface area contributed by atoms with E-state index in [1.54, 1.807) is 13.4 Å². The molecule has 3 nitrogen and oxygen atoms in total. The normalized spacial score (nSPS) is 12.4. The van der Waals surface area contributed by atoms with Crippen molar-refractivity contribution in [2.24, 2.45) is 0 Å². The number of ether oxygens (including phenoxy) is 1. The second-order valence-electron chi connectivity index (χ2n) is 3.93. The molecule has 0 amide bonds. The van der Waals surface area contributed by atoms with Crippen LogP contribution in [0.25, 0.3) is 0 Å². The summed E-state index contributed by atoms with van der Waals surface area (Å²) in [7, 11) is 1.69. The third-order valence-corrected chi connectivity index (χ3v) is 2.76. The first-order valence-corrected chi connectivity index (χ1v) is 5.70. The second kappa shape index (κ2) is 5.55. The molecule has 0 saturated carbocycles. The zero-order valence-corrected chi connectivity index (χ0v) is 10.1. The van der Waals surface area contributed by atoms with E-state index in [4.69, 9.17) is 9.15 Å². The first kappa shape index (κ1) is 11.7. The lowest BCUT2D eigenvalue weighted by Gasteiger charge is -2.13. The molecule has 2 aromatic rings. The van der Waals surface area contributed by atoms with E-state index in [2.05, 4.69) is 18.3 Å². The van der Waals surface area contributed by atoms with Crippen LogP contribution in [-0.2, 0) is 6.54 Å². The SMILES string of the molecule is COc1ccccc1CNC(C)c1ccco1. The first-order valence-electron chi connectivity index (χ1n) is 5.70. The van der Waals surface area contributed by atoms with Crippen LogP contribution in [0.15, 0.2) is 47.1 Å². The predicted molar refractivity (Wildman–Crippen MR) is 67.0 cm³/mol. The molecule has 1 atom stereocenters. The van der Waals surface area contributed by atoms with Crippen LogP contribution in [0, 0.1) is 0 Å². The molecule has 0 radical (unpaired) electrons. The van der Waals surface area contributed by atoms with Gasteiger partial charge in [-0.3, -0.25) is 0 Å². The fraction of sp³-hybridized carbons (Fsp3) is 0.286. The number of hydrogen-bond acceptors (Lipinski definition) is 3. The molecule has 1 N–H and O–H groups in total. The molecule has 3 heteroatoms. The highest BCUT2D eigenvalue weighted by Crippen LogP contribution is 2.19. The Kier molecular flexibility index (Phi) is 3.83. The van der Waals surface area contributed by atoms with Crippen molar-refractivity contribution in [2.45, 2.75) is 19.5 Å². The van der Waals surface area contributed by atoms with Gasteiger partial charge in [0.2, 0.25) is 0 Å². The van der Waals surface area contributed by atoms with E-state index in [0.717, 1.165) is 23.6 Å². The maximum Gasteiger partial charge on any atom is 0.123 e. The topological polar surface area (TPSA) is 34.4 Å². The Bertz CT molecular complexity index is 451. The van der Waals surface area contributed by atoms with Crippen LogP contribution >= 0.6 is 0 Å². The van der Waals surface area contributed by atoms with Crippen molar-refractivity contribution < 1.29 is 9.15 Å². The van der Waals surface area contributed by atoms with Gasteiger partial charge in [0, 0.05) is 12.1 Å². The fourth-order valence-corrected chi connectivity index (χ4v) is 1.75. The summed E-state index contributed by atoms with van der Waals surface area (Å²) in [4.78, 5) is 0. The summed E-state index contributed by atoms with van der Waals surface area (Å²) in [5.74, 6) is 1.85. The summed E-state index contributed by atoms with van der Waals surface area (Å²) >= 11 is 0. The lowest BCUT2D eigenvalue weighted by Crippen LogP contribution is -2.17. The van der Waals surface area contributed by atoms with Gasteiger partial charge in [0.05, 0.1) is 19.4 Å². The highest BCUT2D eigenvalue weighted by atomic mass is 16.5. The molecule has 90 valence electrons. The third kappa shape index (κ3) is 2.88. The largest absolute Gasteiger partial charge is 0.496 e. The van der Waals surface area contributed by atoms with Crippen molar-refractivity contribution in [2.75, 3.05) is 7.11 Å². The van der Waals surface area contributed by atoms with Gasteiger partial charge in [0.25, 0.3) is 0 Å². The number of para-hydroxylation sites is 1. The van der Waals surface area contributed by atoms with Gasteiger partial charge in [-0.15, -0.1) is 0 Å². The Morgan fingerprint density at radius 1 is 1.24 bits per heavy atom. The van der Waals surface area contributed by atoms with Crippen LogP contribution in [-0.4, -0.2) is 7.11 Å². The lowest BCUT2D eigenvalue weighted by atomic mass is 10.2. The van der Waals surface area contributed by atoms with Crippen LogP contribution in [0.3, 0.4) is 0 Å². The summed E-state index contributed by atoms with van der Waals surface area (Å²) in [6, 6.07) is 12.1. The molecule has 0 spiro atoms. The maximum absolute atomic E-state index is 5.35. The van der Waals surface area contributed by atoms with Gasteiger partial charge < -0.3 is 14.5 Å². The van der Waals surface area contributed by atoms with E-state index in [1.807, 2.05) is 30.3 Å².